The van der Waals surface area contributed by atoms with E-state index in [0.29, 0.717) is 25.3 Å². The minimum atomic E-state index is -3.32. The number of hydrogen-bond acceptors (Lipinski definition) is 3. The molecule has 1 fully saturated rings. The van der Waals surface area contributed by atoms with Crippen LogP contribution in [0.2, 0.25) is 0 Å². The number of halogens is 1. The molecule has 1 heterocycles. The molecule has 1 aromatic carbocycles. The maximum absolute atomic E-state index is 12.1. The first-order valence-corrected chi connectivity index (χ1v) is 8.14. The molecule has 2 rings (SSSR count). The van der Waals surface area contributed by atoms with Gasteiger partial charge in [0.05, 0.1) is 0 Å². The third kappa shape index (κ3) is 2.79. The van der Waals surface area contributed by atoms with Gasteiger partial charge in [0.25, 0.3) is 10.2 Å². The van der Waals surface area contributed by atoms with Gasteiger partial charge >= 0.3 is 0 Å². The van der Waals surface area contributed by atoms with Crippen LogP contribution < -0.4 is 5.73 Å². The van der Waals surface area contributed by atoms with E-state index in [1.54, 1.807) is 7.05 Å². The average Bonchev–Trinajstić information content (AvgIpc) is 2.30. The van der Waals surface area contributed by atoms with Gasteiger partial charge < -0.3 is 5.73 Å². The van der Waals surface area contributed by atoms with Gasteiger partial charge in [0.1, 0.15) is 0 Å². The third-order valence-corrected chi connectivity index (χ3v) is 5.66. The lowest BCUT2D eigenvalue weighted by Crippen LogP contribution is -2.47. The molecule has 0 bridgehead atoms. The molecule has 5 nitrogen and oxygen atoms in total. The topological polar surface area (TPSA) is 66.6 Å². The van der Waals surface area contributed by atoms with E-state index < -0.39 is 10.2 Å². The van der Waals surface area contributed by atoms with Crippen molar-refractivity contribution in [3.8, 4) is 0 Å². The Kier molecular flexibility index (Phi) is 4.15. The smallest absolute Gasteiger partial charge is 0.282 e. The molecule has 1 saturated heterocycles. The molecule has 1 aromatic rings. The third-order valence-electron chi connectivity index (χ3n) is 3.05. The highest BCUT2D eigenvalue weighted by Gasteiger charge is 2.30. The van der Waals surface area contributed by atoms with E-state index in [-0.39, 0.29) is 0 Å². The van der Waals surface area contributed by atoms with E-state index in [0.717, 1.165) is 15.6 Å². The predicted molar refractivity (Wildman–Crippen MR) is 80.1 cm³/mol. The SMILES string of the molecule is CN1CCCN(Cc2cc(I)ccc2N)S1(=O)=O. The van der Waals surface area contributed by atoms with Crippen LogP contribution >= 0.6 is 22.6 Å². The lowest BCUT2D eigenvalue weighted by atomic mass is 10.2. The summed E-state index contributed by atoms with van der Waals surface area (Å²) < 4.78 is 28.2. The van der Waals surface area contributed by atoms with Gasteiger partial charge in [0.2, 0.25) is 0 Å². The molecular weight excluding hydrogens is 365 g/mol. The number of hydrogen-bond donors (Lipinski definition) is 1. The van der Waals surface area contributed by atoms with Crippen LogP contribution in [0.3, 0.4) is 0 Å². The van der Waals surface area contributed by atoms with Crippen molar-refractivity contribution in [1.29, 1.82) is 0 Å². The normalized spacial score (nSPS) is 21.0. The molecule has 0 amide bonds. The van der Waals surface area contributed by atoms with Crippen LogP contribution in [0.15, 0.2) is 18.2 Å². The van der Waals surface area contributed by atoms with E-state index >= 15 is 0 Å². The van der Waals surface area contributed by atoms with E-state index in [1.165, 1.54) is 8.61 Å². The van der Waals surface area contributed by atoms with Crippen LogP contribution in [0.25, 0.3) is 0 Å². The fourth-order valence-corrected chi connectivity index (χ4v) is 3.93. The number of benzene rings is 1. The van der Waals surface area contributed by atoms with E-state index in [2.05, 4.69) is 22.6 Å². The van der Waals surface area contributed by atoms with Gasteiger partial charge in [-0.25, -0.2) is 0 Å². The van der Waals surface area contributed by atoms with Crippen molar-refractivity contribution in [2.24, 2.45) is 0 Å². The first kappa shape index (κ1) is 14.0. The summed E-state index contributed by atoms with van der Waals surface area (Å²) in [5, 5.41) is 0. The molecule has 7 heteroatoms. The fourth-order valence-electron chi connectivity index (χ4n) is 1.96. The second-order valence-corrected chi connectivity index (χ2v) is 7.64. The summed E-state index contributed by atoms with van der Waals surface area (Å²) in [4.78, 5) is 0. The van der Waals surface area contributed by atoms with Crippen molar-refractivity contribution in [1.82, 2.24) is 8.61 Å². The molecule has 0 spiro atoms. The van der Waals surface area contributed by atoms with Crippen molar-refractivity contribution < 1.29 is 8.42 Å². The summed E-state index contributed by atoms with van der Waals surface area (Å²) in [5.74, 6) is 0. The lowest BCUT2D eigenvalue weighted by Gasteiger charge is -2.32. The zero-order valence-electron chi connectivity index (χ0n) is 10.1. The molecular formula is C11H16IN3O2S. The summed E-state index contributed by atoms with van der Waals surface area (Å²) in [6, 6.07) is 5.66. The van der Waals surface area contributed by atoms with Gasteiger partial charge in [-0.05, 0) is 52.8 Å². The van der Waals surface area contributed by atoms with Gasteiger partial charge in [-0.15, -0.1) is 0 Å². The van der Waals surface area contributed by atoms with E-state index in [4.69, 9.17) is 5.73 Å². The van der Waals surface area contributed by atoms with Crippen LogP contribution in [0.4, 0.5) is 5.69 Å². The van der Waals surface area contributed by atoms with Crippen LogP contribution in [0.5, 0.6) is 0 Å². The van der Waals surface area contributed by atoms with E-state index in [1.807, 2.05) is 18.2 Å². The Hall–Kier alpha value is -0.380. The minimum absolute atomic E-state index is 0.343. The van der Waals surface area contributed by atoms with Gasteiger partial charge in [0, 0.05) is 35.9 Å². The zero-order valence-corrected chi connectivity index (χ0v) is 13.1. The quantitative estimate of drug-likeness (QED) is 0.620. The molecule has 18 heavy (non-hydrogen) atoms. The molecule has 2 N–H and O–H groups in total. The van der Waals surface area contributed by atoms with Crippen molar-refractivity contribution >= 4 is 38.5 Å². The number of nitrogen functional groups attached to an aromatic ring is 1. The van der Waals surface area contributed by atoms with Crippen molar-refractivity contribution in [3.05, 3.63) is 27.3 Å². The van der Waals surface area contributed by atoms with Gasteiger partial charge in [-0.1, -0.05) is 0 Å². The average molecular weight is 381 g/mol. The van der Waals surface area contributed by atoms with Crippen molar-refractivity contribution in [3.63, 3.8) is 0 Å². The lowest BCUT2D eigenvalue weighted by molar-refractivity contribution is 0.303. The molecule has 0 atom stereocenters. The Bertz CT molecular complexity index is 547. The standard InChI is InChI=1S/C11H16IN3O2S/c1-14-5-2-6-15(18(14,16)17)8-9-7-10(12)3-4-11(9)13/h3-4,7H,2,5-6,8,13H2,1H3. The number of nitrogens with two attached hydrogens (primary N) is 1. The second-order valence-electron chi connectivity index (χ2n) is 4.36. The number of anilines is 1. The Labute approximate surface area is 121 Å². The number of nitrogens with zero attached hydrogens (tertiary/aromatic N) is 2. The monoisotopic (exact) mass is 381 g/mol. The van der Waals surface area contributed by atoms with Gasteiger partial charge in [-0.2, -0.15) is 17.0 Å². The van der Waals surface area contributed by atoms with E-state index in [9.17, 15) is 8.42 Å². The molecule has 1 aliphatic heterocycles. The largest absolute Gasteiger partial charge is 0.398 e. The molecule has 0 aromatic heterocycles. The summed E-state index contributed by atoms with van der Waals surface area (Å²) in [7, 11) is -1.71. The molecule has 0 radical (unpaired) electrons. The maximum Gasteiger partial charge on any atom is 0.282 e. The first-order valence-electron chi connectivity index (χ1n) is 5.66. The fraction of sp³-hybridized carbons (Fsp3) is 0.455. The summed E-state index contributed by atoms with van der Waals surface area (Å²) in [6.07, 6.45) is 0.847. The Morgan fingerprint density at radius 1 is 1.39 bits per heavy atom. The second kappa shape index (κ2) is 5.32. The minimum Gasteiger partial charge on any atom is -0.398 e. The molecule has 0 unspecified atom stereocenters. The highest BCUT2D eigenvalue weighted by atomic mass is 127. The molecule has 1 aliphatic rings. The number of rotatable bonds is 2. The van der Waals surface area contributed by atoms with Crippen LogP contribution in [-0.2, 0) is 16.8 Å². The highest BCUT2D eigenvalue weighted by molar-refractivity contribution is 14.1. The zero-order chi connectivity index (χ0) is 13.3. The molecule has 100 valence electrons. The van der Waals surface area contributed by atoms with Crippen molar-refractivity contribution in [2.75, 3.05) is 25.9 Å². The highest BCUT2D eigenvalue weighted by Crippen LogP contribution is 2.22. The summed E-state index contributed by atoms with van der Waals surface area (Å²) >= 11 is 2.20. The van der Waals surface area contributed by atoms with Crippen molar-refractivity contribution in [2.45, 2.75) is 13.0 Å². The summed E-state index contributed by atoms with van der Waals surface area (Å²) in [6.45, 7) is 1.48. The maximum atomic E-state index is 12.1. The Balaban J connectivity index is 2.25. The summed E-state index contributed by atoms with van der Waals surface area (Å²) in [5.41, 5.74) is 7.39. The van der Waals surface area contributed by atoms with Crippen LogP contribution in [0, 0.1) is 3.57 Å². The van der Waals surface area contributed by atoms with Crippen LogP contribution in [0.1, 0.15) is 12.0 Å². The van der Waals surface area contributed by atoms with Gasteiger partial charge in [-0.3, -0.25) is 0 Å². The Morgan fingerprint density at radius 2 is 2.11 bits per heavy atom. The Morgan fingerprint density at radius 3 is 2.83 bits per heavy atom. The van der Waals surface area contributed by atoms with Gasteiger partial charge in [0.15, 0.2) is 0 Å². The first-order chi connectivity index (χ1) is 8.41. The van der Waals surface area contributed by atoms with Crippen LogP contribution in [-0.4, -0.2) is 37.2 Å². The molecule has 0 saturated carbocycles. The molecule has 0 aliphatic carbocycles. The predicted octanol–water partition coefficient (Wildman–Crippen LogP) is 1.26.